The topological polar surface area (TPSA) is 154 Å². The molecule has 0 unspecified atom stereocenters. The van der Waals surface area contributed by atoms with E-state index in [1.807, 2.05) is 6.92 Å². The van der Waals surface area contributed by atoms with Crippen molar-refractivity contribution < 1.29 is 27.6 Å². The number of aryl methyl sites for hydroxylation is 1. The van der Waals surface area contributed by atoms with Gasteiger partial charge in [0.15, 0.2) is 0 Å². The molecule has 1 aromatic rings. The number of amides is 5. The van der Waals surface area contributed by atoms with Gasteiger partial charge >= 0.3 is 6.03 Å². The molecule has 1 saturated heterocycles. The van der Waals surface area contributed by atoms with Gasteiger partial charge in [0, 0.05) is 0 Å². The van der Waals surface area contributed by atoms with Crippen LogP contribution >= 0.6 is 0 Å². The van der Waals surface area contributed by atoms with Crippen molar-refractivity contribution in [2.45, 2.75) is 50.0 Å². The molecule has 2 fully saturated rings. The van der Waals surface area contributed by atoms with E-state index < -0.39 is 52.4 Å². The monoisotopic (exact) mass is 465 g/mol. The van der Waals surface area contributed by atoms with E-state index in [4.69, 9.17) is 0 Å². The fourth-order valence-corrected chi connectivity index (χ4v) is 4.66. The van der Waals surface area contributed by atoms with Gasteiger partial charge in [0.25, 0.3) is 11.8 Å². The number of hydrogen-bond acceptors (Lipinski definition) is 6. The zero-order valence-corrected chi connectivity index (χ0v) is 18.8. The number of sulfonamides is 1. The first-order valence-corrected chi connectivity index (χ1v) is 11.8. The minimum atomic E-state index is -3.88. The van der Waals surface area contributed by atoms with E-state index in [1.165, 1.54) is 12.1 Å². The van der Waals surface area contributed by atoms with Crippen LogP contribution in [0.2, 0.25) is 0 Å². The van der Waals surface area contributed by atoms with E-state index in [1.54, 1.807) is 12.1 Å². The molecule has 1 saturated carbocycles. The van der Waals surface area contributed by atoms with E-state index in [0.29, 0.717) is 23.8 Å². The lowest BCUT2D eigenvalue weighted by Gasteiger charge is -2.33. The molecule has 3 rings (SSSR count). The minimum absolute atomic E-state index is 0.0123. The van der Waals surface area contributed by atoms with E-state index in [0.717, 1.165) is 18.4 Å². The standard InChI is InChI=1S/C20H27N5O6S/c1-13-3-5-15(6-4-13)32(30,31)22-12-16(26)21-11-17(27)24-25-18(28)20(23-19(25)29)9-7-14(2)8-10-20/h3-6,14,22H,7-12H2,1-2H3,(H,21,26)(H,23,29)(H,24,27). The Bertz CT molecular complexity index is 1020. The van der Waals surface area contributed by atoms with Crippen molar-refractivity contribution >= 4 is 33.8 Å². The summed E-state index contributed by atoms with van der Waals surface area (Å²) in [6.45, 7) is 2.79. The van der Waals surface area contributed by atoms with E-state index >= 15 is 0 Å². The summed E-state index contributed by atoms with van der Waals surface area (Å²) in [6.07, 6.45) is 2.59. The number of hydrazine groups is 1. The second-order valence-corrected chi connectivity index (χ2v) is 10.1. The summed E-state index contributed by atoms with van der Waals surface area (Å²) >= 11 is 0. The number of benzene rings is 1. The first-order chi connectivity index (χ1) is 15.0. The largest absolute Gasteiger partial charge is 0.346 e. The zero-order chi connectivity index (χ0) is 23.5. The Balaban J connectivity index is 1.46. The average molecular weight is 466 g/mol. The normalized spacial score (nSPS) is 23.2. The summed E-state index contributed by atoms with van der Waals surface area (Å²) in [5.74, 6) is -1.58. The van der Waals surface area contributed by atoms with E-state index in [2.05, 4.69) is 27.7 Å². The Morgan fingerprint density at radius 3 is 2.34 bits per heavy atom. The van der Waals surface area contributed by atoms with Crippen molar-refractivity contribution in [1.29, 1.82) is 0 Å². The highest BCUT2D eigenvalue weighted by molar-refractivity contribution is 7.89. The predicted molar refractivity (Wildman–Crippen MR) is 113 cm³/mol. The smallest absolute Gasteiger partial charge is 0.344 e. The number of rotatable bonds is 7. The van der Waals surface area contributed by atoms with Crippen LogP contribution in [0.5, 0.6) is 0 Å². The molecule has 12 heteroatoms. The molecule has 1 aromatic carbocycles. The Morgan fingerprint density at radius 1 is 1.09 bits per heavy atom. The summed E-state index contributed by atoms with van der Waals surface area (Å²) in [5, 5.41) is 5.57. The van der Waals surface area contributed by atoms with Crippen molar-refractivity contribution in [3.8, 4) is 0 Å². The van der Waals surface area contributed by atoms with Gasteiger partial charge in [0.05, 0.1) is 18.0 Å². The van der Waals surface area contributed by atoms with Gasteiger partial charge in [-0.15, -0.1) is 0 Å². The summed E-state index contributed by atoms with van der Waals surface area (Å²) in [6, 6.07) is 5.39. The molecule has 1 heterocycles. The lowest BCUT2D eigenvalue weighted by molar-refractivity contribution is -0.140. The fourth-order valence-electron chi connectivity index (χ4n) is 3.68. The first kappa shape index (κ1) is 23.7. The van der Waals surface area contributed by atoms with Crippen LogP contribution in [0.1, 0.15) is 38.2 Å². The maximum atomic E-state index is 12.7. The van der Waals surface area contributed by atoms with E-state index in [-0.39, 0.29) is 4.90 Å². The Morgan fingerprint density at radius 2 is 1.72 bits per heavy atom. The number of nitrogens with one attached hydrogen (secondary N) is 4. The number of nitrogens with zero attached hydrogens (tertiary/aromatic N) is 1. The molecule has 0 aromatic heterocycles. The molecule has 174 valence electrons. The van der Waals surface area contributed by atoms with Crippen molar-refractivity contribution in [2.75, 3.05) is 13.1 Å². The third-order valence-corrected chi connectivity index (χ3v) is 7.14. The second kappa shape index (κ2) is 9.25. The average Bonchev–Trinajstić information content (AvgIpc) is 2.97. The van der Waals surface area contributed by atoms with Crippen molar-refractivity contribution in [1.82, 2.24) is 25.8 Å². The molecule has 2 aliphatic rings. The highest BCUT2D eigenvalue weighted by Crippen LogP contribution is 2.35. The van der Waals surface area contributed by atoms with Crippen LogP contribution in [0, 0.1) is 12.8 Å². The van der Waals surface area contributed by atoms with Crippen LogP contribution in [0.3, 0.4) is 0 Å². The van der Waals surface area contributed by atoms with Crippen molar-refractivity contribution in [3.05, 3.63) is 29.8 Å². The maximum Gasteiger partial charge on any atom is 0.344 e. The first-order valence-electron chi connectivity index (χ1n) is 10.3. The Hall–Kier alpha value is -2.99. The maximum absolute atomic E-state index is 12.7. The van der Waals surface area contributed by atoms with Crippen LogP contribution in [-0.4, -0.2) is 55.8 Å². The Kier molecular flexibility index (Phi) is 6.84. The molecule has 4 N–H and O–H groups in total. The molecule has 1 aliphatic heterocycles. The molecule has 0 bridgehead atoms. The Labute approximate surface area is 186 Å². The number of hydrogen-bond donors (Lipinski definition) is 4. The van der Waals surface area contributed by atoms with Gasteiger partial charge in [0.2, 0.25) is 15.9 Å². The van der Waals surface area contributed by atoms with Crippen LogP contribution in [0.25, 0.3) is 0 Å². The predicted octanol–water partition coefficient (Wildman–Crippen LogP) is -0.0786. The van der Waals surface area contributed by atoms with Gasteiger partial charge in [-0.2, -0.15) is 5.01 Å². The van der Waals surface area contributed by atoms with Gasteiger partial charge in [-0.1, -0.05) is 24.6 Å². The highest BCUT2D eigenvalue weighted by Gasteiger charge is 2.52. The molecule has 11 nitrogen and oxygen atoms in total. The van der Waals surface area contributed by atoms with E-state index in [9.17, 15) is 27.6 Å². The van der Waals surface area contributed by atoms with Crippen molar-refractivity contribution in [2.24, 2.45) is 5.92 Å². The summed E-state index contributed by atoms with van der Waals surface area (Å²) in [7, 11) is -3.88. The lowest BCUT2D eigenvalue weighted by atomic mass is 9.77. The SMILES string of the molecule is Cc1ccc(S(=O)(=O)NCC(=O)NCC(=O)NN2C(=O)NC3(CCC(C)CC3)C2=O)cc1. The second-order valence-electron chi connectivity index (χ2n) is 8.28. The van der Waals surface area contributed by atoms with Crippen LogP contribution in [0.15, 0.2) is 29.2 Å². The van der Waals surface area contributed by atoms with Crippen LogP contribution in [0.4, 0.5) is 4.79 Å². The van der Waals surface area contributed by atoms with Gasteiger partial charge in [-0.3, -0.25) is 19.8 Å². The van der Waals surface area contributed by atoms with Gasteiger partial charge in [0.1, 0.15) is 5.54 Å². The molecule has 5 amide bonds. The number of imide groups is 1. The minimum Gasteiger partial charge on any atom is -0.346 e. The highest BCUT2D eigenvalue weighted by atomic mass is 32.2. The number of carbonyl (C=O) groups excluding carboxylic acids is 4. The molecule has 0 radical (unpaired) electrons. The van der Waals surface area contributed by atoms with Crippen molar-refractivity contribution in [3.63, 3.8) is 0 Å². The molecular weight excluding hydrogens is 438 g/mol. The summed E-state index contributed by atoms with van der Waals surface area (Å²) in [5.41, 5.74) is 2.10. The quantitative estimate of drug-likeness (QED) is 0.413. The van der Waals surface area contributed by atoms with Gasteiger partial charge in [-0.05, 0) is 50.7 Å². The molecule has 1 spiro atoms. The number of urea groups is 1. The molecule has 0 atom stereocenters. The fraction of sp³-hybridized carbons (Fsp3) is 0.500. The zero-order valence-electron chi connectivity index (χ0n) is 17.9. The molecule has 1 aliphatic carbocycles. The summed E-state index contributed by atoms with van der Waals surface area (Å²) < 4.78 is 26.5. The van der Waals surface area contributed by atoms with Crippen LogP contribution < -0.4 is 20.8 Å². The third-order valence-electron chi connectivity index (χ3n) is 5.73. The third kappa shape index (κ3) is 5.25. The molecule has 32 heavy (non-hydrogen) atoms. The van der Waals surface area contributed by atoms with Crippen LogP contribution in [-0.2, 0) is 24.4 Å². The lowest BCUT2D eigenvalue weighted by Crippen LogP contribution is -2.53. The summed E-state index contributed by atoms with van der Waals surface area (Å²) in [4.78, 5) is 49.0. The van der Waals surface area contributed by atoms with Gasteiger partial charge < -0.3 is 10.6 Å². The van der Waals surface area contributed by atoms with Gasteiger partial charge in [-0.25, -0.2) is 17.9 Å². The number of carbonyl (C=O) groups is 4. The molecular formula is C20H27N5O6S.